The highest BCUT2D eigenvalue weighted by Gasteiger charge is 2.22. The van der Waals surface area contributed by atoms with Crippen LogP contribution < -0.4 is 5.73 Å². The molecule has 0 radical (unpaired) electrons. The van der Waals surface area contributed by atoms with Gasteiger partial charge in [0.05, 0.1) is 6.42 Å². The molecule has 0 spiro atoms. The number of likely N-dealkylation sites (tertiary alicyclic amines) is 1. The molecule has 1 fully saturated rings. The van der Waals surface area contributed by atoms with Crippen molar-refractivity contribution in [2.45, 2.75) is 19.3 Å². The molecule has 2 rings (SSSR count). The molecule has 1 atom stereocenters. The first-order valence-corrected chi connectivity index (χ1v) is 6.79. The van der Waals surface area contributed by atoms with Crippen molar-refractivity contribution in [3.05, 3.63) is 34.9 Å². The summed E-state index contributed by atoms with van der Waals surface area (Å²) in [5, 5.41) is 0.679. The first-order chi connectivity index (χ1) is 8.69. The minimum Gasteiger partial charge on any atom is -0.342 e. The Morgan fingerprint density at radius 3 is 2.95 bits per heavy atom. The minimum atomic E-state index is 0. The average Bonchev–Trinajstić information content (AvgIpc) is 2.39. The molecule has 0 aliphatic carbocycles. The van der Waals surface area contributed by atoms with Crippen molar-refractivity contribution in [1.82, 2.24) is 4.90 Å². The Hall–Kier alpha value is -0.770. The third-order valence-corrected chi connectivity index (χ3v) is 3.68. The van der Waals surface area contributed by atoms with Crippen LogP contribution in [0.1, 0.15) is 18.4 Å². The number of hydrogen-bond donors (Lipinski definition) is 1. The van der Waals surface area contributed by atoms with Gasteiger partial charge in [-0.1, -0.05) is 23.7 Å². The number of nitrogens with two attached hydrogens (primary N) is 1. The van der Waals surface area contributed by atoms with Crippen molar-refractivity contribution >= 4 is 29.9 Å². The summed E-state index contributed by atoms with van der Waals surface area (Å²) in [5.41, 5.74) is 6.66. The van der Waals surface area contributed by atoms with E-state index in [0.29, 0.717) is 23.9 Å². The van der Waals surface area contributed by atoms with Crippen LogP contribution in [0.2, 0.25) is 5.02 Å². The molecule has 3 nitrogen and oxygen atoms in total. The lowest BCUT2D eigenvalue weighted by Crippen LogP contribution is -2.42. The molecule has 0 aromatic heterocycles. The van der Waals surface area contributed by atoms with Gasteiger partial charge in [-0.05, 0) is 43.0 Å². The van der Waals surface area contributed by atoms with Gasteiger partial charge in [0.2, 0.25) is 5.91 Å². The Balaban J connectivity index is 0.00000180. The van der Waals surface area contributed by atoms with Crippen molar-refractivity contribution in [3.8, 4) is 0 Å². The van der Waals surface area contributed by atoms with Crippen LogP contribution in [0.4, 0.5) is 0 Å². The van der Waals surface area contributed by atoms with E-state index in [1.807, 2.05) is 29.2 Å². The van der Waals surface area contributed by atoms with Crippen LogP contribution in [0.3, 0.4) is 0 Å². The van der Waals surface area contributed by atoms with Gasteiger partial charge in [-0.3, -0.25) is 4.79 Å². The summed E-state index contributed by atoms with van der Waals surface area (Å²) in [6.45, 7) is 2.33. The summed E-state index contributed by atoms with van der Waals surface area (Å²) in [6, 6.07) is 7.49. The summed E-state index contributed by atoms with van der Waals surface area (Å²) in [7, 11) is 0. The molecule has 2 N–H and O–H groups in total. The van der Waals surface area contributed by atoms with E-state index < -0.39 is 0 Å². The van der Waals surface area contributed by atoms with Crippen LogP contribution >= 0.6 is 24.0 Å². The number of amides is 1. The number of carbonyl (C=O) groups is 1. The number of benzene rings is 1. The van der Waals surface area contributed by atoms with Crippen molar-refractivity contribution < 1.29 is 4.79 Å². The lowest BCUT2D eigenvalue weighted by molar-refractivity contribution is -0.132. The predicted octanol–water partition coefficient (Wildman–Crippen LogP) is 2.50. The standard InChI is InChI=1S/C14H19ClN2O.ClH/c15-13-5-1-3-11(7-13)8-14(18)17-6-2-4-12(9-16)10-17;/h1,3,5,7,12H,2,4,6,8-10,16H2;1H. The van der Waals surface area contributed by atoms with Crippen LogP contribution in [0.25, 0.3) is 0 Å². The molecule has 1 unspecified atom stereocenters. The summed E-state index contributed by atoms with van der Waals surface area (Å²) < 4.78 is 0. The molecule has 1 saturated heterocycles. The maximum atomic E-state index is 12.2. The van der Waals surface area contributed by atoms with Crippen molar-refractivity contribution in [1.29, 1.82) is 0 Å². The number of halogens is 2. The Kier molecular flexibility index (Phi) is 6.63. The number of hydrogen-bond acceptors (Lipinski definition) is 2. The fourth-order valence-corrected chi connectivity index (χ4v) is 2.63. The highest BCUT2D eigenvalue weighted by atomic mass is 35.5. The van der Waals surface area contributed by atoms with Gasteiger partial charge in [0, 0.05) is 18.1 Å². The molecule has 0 saturated carbocycles. The molecule has 1 aromatic carbocycles. The largest absolute Gasteiger partial charge is 0.342 e. The lowest BCUT2D eigenvalue weighted by Gasteiger charge is -2.32. The van der Waals surface area contributed by atoms with Gasteiger partial charge >= 0.3 is 0 Å². The number of piperidine rings is 1. The van der Waals surface area contributed by atoms with Gasteiger partial charge in [-0.2, -0.15) is 0 Å². The Labute approximate surface area is 125 Å². The highest BCUT2D eigenvalue weighted by molar-refractivity contribution is 6.30. The monoisotopic (exact) mass is 302 g/mol. The molecule has 1 aromatic rings. The number of rotatable bonds is 3. The van der Waals surface area contributed by atoms with Crippen LogP contribution in [0.15, 0.2) is 24.3 Å². The zero-order valence-corrected chi connectivity index (χ0v) is 12.4. The molecular formula is C14H20Cl2N2O. The molecule has 1 amide bonds. The topological polar surface area (TPSA) is 46.3 Å². The van der Waals surface area contributed by atoms with E-state index in [9.17, 15) is 4.79 Å². The van der Waals surface area contributed by atoms with E-state index in [4.69, 9.17) is 17.3 Å². The molecule has 5 heteroatoms. The van der Waals surface area contributed by atoms with Gasteiger partial charge in [0.1, 0.15) is 0 Å². The second-order valence-corrected chi connectivity index (χ2v) is 5.33. The van der Waals surface area contributed by atoms with Crippen LogP contribution in [0, 0.1) is 5.92 Å². The predicted molar refractivity (Wildman–Crippen MR) is 80.8 cm³/mol. The molecular weight excluding hydrogens is 283 g/mol. The smallest absolute Gasteiger partial charge is 0.227 e. The molecule has 1 aliphatic heterocycles. The summed E-state index contributed by atoms with van der Waals surface area (Å²) in [5.74, 6) is 0.637. The van der Waals surface area contributed by atoms with Crippen LogP contribution in [0.5, 0.6) is 0 Å². The second-order valence-electron chi connectivity index (χ2n) is 4.89. The SMILES string of the molecule is Cl.NCC1CCCN(C(=O)Cc2cccc(Cl)c2)C1. The van der Waals surface area contributed by atoms with E-state index >= 15 is 0 Å². The Bertz CT molecular complexity index is 426. The van der Waals surface area contributed by atoms with E-state index in [2.05, 4.69) is 0 Å². The normalized spacial score (nSPS) is 18.8. The lowest BCUT2D eigenvalue weighted by atomic mass is 9.97. The summed E-state index contributed by atoms with van der Waals surface area (Å²) >= 11 is 5.92. The van der Waals surface area contributed by atoms with E-state index in [1.54, 1.807) is 0 Å². The number of nitrogens with zero attached hydrogens (tertiary/aromatic N) is 1. The highest BCUT2D eigenvalue weighted by Crippen LogP contribution is 2.17. The molecule has 1 heterocycles. The second kappa shape index (κ2) is 7.73. The number of carbonyl (C=O) groups excluding carboxylic acids is 1. The van der Waals surface area contributed by atoms with Gasteiger partial charge in [-0.15, -0.1) is 12.4 Å². The first kappa shape index (κ1) is 16.3. The average molecular weight is 303 g/mol. The van der Waals surface area contributed by atoms with Crippen molar-refractivity contribution in [3.63, 3.8) is 0 Å². The fraction of sp³-hybridized carbons (Fsp3) is 0.500. The van der Waals surface area contributed by atoms with Gasteiger partial charge in [-0.25, -0.2) is 0 Å². The first-order valence-electron chi connectivity index (χ1n) is 6.41. The third kappa shape index (κ3) is 4.68. The van der Waals surface area contributed by atoms with Crippen molar-refractivity contribution in [2.75, 3.05) is 19.6 Å². The summed E-state index contributed by atoms with van der Waals surface area (Å²) in [4.78, 5) is 14.1. The van der Waals surface area contributed by atoms with Gasteiger partial charge < -0.3 is 10.6 Å². The molecule has 106 valence electrons. The van der Waals surface area contributed by atoms with E-state index in [-0.39, 0.29) is 18.3 Å². The maximum absolute atomic E-state index is 12.2. The van der Waals surface area contributed by atoms with Crippen molar-refractivity contribution in [2.24, 2.45) is 11.7 Å². The molecule has 1 aliphatic rings. The quantitative estimate of drug-likeness (QED) is 0.932. The minimum absolute atomic E-state index is 0. The third-order valence-electron chi connectivity index (χ3n) is 3.45. The molecule has 0 bridgehead atoms. The van der Waals surface area contributed by atoms with E-state index in [0.717, 1.165) is 31.5 Å². The zero-order chi connectivity index (χ0) is 13.0. The molecule has 19 heavy (non-hydrogen) atoms. The van der Waals surface area contributed by atoms with E-state index in [1.165, 1.54) is 0 Å². The van der Waals surface area contributed by atoms with Crippen LogP contribution in [-0.2, 0) is 11.2 Å². The fourth-order valence-electron chi connectivity index (χ4n) is 2.42. The Morgan fingerprint density at radius 1 is 1.47 bits per heavy atom. The zero-order valence-electron chi connectivity index (χ0n) is 10.8. The maximum Gasteiger partial charge on any atom is 0.227 e. The summed E-state index contributed by atoms with van der Waals surface area (Å²) in [6.07, 6.45) is 2.62. The van der Waals surface area contributed by atoms with Crippen LogP contribution in [-0.4, -0.2) is 30.4 Å². The van der Waals surface area contributed by atoms with Gasteiger partial charge in [0.15, 0.2) is 0 Å². The van der Waals surface area contributed by atoms with Gasteiger partial charge in [0.25, 0.3) is 0 Å². The Morgan fingerprint density at radius 2 is 2.26 bits per heavy atom.